The normalized spacial score (nSPS) is 13.4. The standard InChI is InChI=1S/C18H23FN4O2S.HI/c1-11-12(2)26-16(23-11)4-5-21-18(20-3)22-8-13-6-15(19)7-14-9-24-10-25-17(13)14;/h6-7H,4-5,8-10H2,1-3H3,(H2,20,21,22);1H. The third kappa shape index (κ3) is 5.76. The highest BCUT2D eigenvalue weighted by molar-refractivity contribution is 14.0. The first kappa shape index (κ1) is 21.8. The van der Waals surface area contributed by atoms with Gasteiger partial charge in [-0.3, -0.25) is 4.99 Å². The molecule has 1 aliphatic rings. The number of ether oxygens (including phenoxy) is 2. The van der Waals surface area contributed by atoms with Crippen molar-refractivity contribution in [2.45, 2.75) is 33.4 Å². The molecule has 2 N–H and O–H groups in total. The average Bonchev–Trinajstić information content (AvgIpc) is 2.95. The van der Waals surface area contributed by atoms with Crippen LogP contribution in [0.4, 0.5) is 4.39 Å². The summed E-state index contributed by atoms with van der Waals surface area (Å²) in [4.78, 5) is 9.99. The summed E-state index contributed by atoms with van der Waals surface area (Å²) in [6.07, 6.45) is 0.829. The second-order valence-electron chi connectivity index (χ2n) is 6.02. The highest BCUT2D eigenvalue weighted by Gasteiger charge is 2.17. The van der Waals surface area contributed by atoms with Gasteiger partial charge < -0.3 is 20.1 Å². The molecule has 0 saturated carbocycles. The van der Waals surface area contributed by atoms with Crippen molar-refractivity contribution in [3.05, 3.63) is 44.7 Å². The third-order valence-electron chi connectivity index (χ3n) is 4.13. The maximum absolute atomic E-state index is 13.8. The quantitative estimate of drug-likeness (QED) is 0.370. The van der Waals surface area contributed by atoms with Gasteiger partial charge in [0.1, 0.15) is 11.6 Å². The zero-order valence-corrected chi connectivity index (χ0v) is 18.7. The van der Waals surface area contributed by atoms with Gasteiger partial charge in [-0.25, -0.2) is 9.37 Å². The number of thiazole rings is 1. The van der Waals surface area contributed by atoms with Crippen LogP contribution in [-0.4, -0.2) is 31.3 Å². The Balaban J connectivity index is 0.00000261. The minimum atomic E-state index is -0.299. The number of fused-ring (bicyclic) bond motifs is 1. The van der Waals surface area contributed by atoms with Gasteiger partial charge >= 0.3 is 0 Å². The van der Waals surface area contributed by atoms with E-state index in [1.54, 1.807) is 18.4 Å². The summed E-state index contributed by atoms with van der Waals surface area (Å²) in [6, 6.07) is 2.93. The van der Waals surface area contributed by atoms with E-state index in [0.717, 1.165) is 34.8 Å². The number of guanidine groups is 1. The third-order valence-corrected chi connectivity index (χ3v) is 5.26. The second kappa shape index (κ2) is 10.2. The first-order chi connectivity index (χ1) is 12.6. The van der Waals surface area contributed by atoms with Gasteiger partial charge in [0, 0.05) is 42.6 Å². The summed E-state index contributed by atoms with van der Waals surface area (Å²) in [5, 5.41) is 7.57. The van der Waals surface area contributed by atoms with Crippen LogP contribution in [-0.2, 0) is 24.3 Å². The van der Waals surface area contributed by atoms with Crippen molar-refractivity contribution in [1.82, 2.24) is 15.6 Å². The van der Waals surface area contributed by atoms with E-state index in [0.29, 0.717) is 24.9 Å². The Hall–Kier alpha value is -1.46. The van der Waals surface area contributed by atoms with Gasteiger partial charge in [-0.05, 0) is 26.0 Å². The number of halogens is 2. The van der Waals surface area contributed by atoms with Crippen molar-refractivity contribution in [3.8, 4) is 5.75 Å². The van der Waals surface area contributed by atoms with Gasteiger partial charge in [-0.1, -0.05) is 0 Å². The summed E-state index contributed by atoms with van der Waals surface area (Å²) in [5.41, 5.74) is 2.57. The molecule has 9 heteroatoms. The lowest BCUT2D eigenvalue weighted by atomic mass is 10.1. The van der Waals surface area contributed by atoms with Crippen molar-refractivity contribution >= 4 is 41.3 Å². The summed E-state index contributed by atoms with van der Waals surface area (Å²) in [6.45, 7) is 5.78. The van der Waals surface area contributed by atoms with Crippen LogP contribution < -0.4 is 15.4 Å². The summed E-state index contributed by atoms with van der Waals surface area (Å²) >= 11 is 1.72. The molecule has 2 aromatic rings. The van der Waals surface area contributed by atoms with Gasteiger partial charge in [0.05, 0.1) is 17.3 Å². The average molecular weight is 506 g/mol. The molecule has 0 radical (unpaired) electrons. The van der Waals surface area contributed by atoms with Crippen molar-refractivity contribution in [3.63, 3.8) is 0 Å². The fourth-order valence-electron chi connectivity index (χ4n) is 2.72. The maximum atomic E-state index is 13.8. The Bertz CT molecular complexity index is 793. The molecule has 1 aliphatic heterocycles. The number of rotatable bonds is 5. The van der Waals surface area contributed by atoms with E-state index in [4.69, 9.17) is 9.47 Å². The summed E-state index contributed by atoms with van der Waals surface area (Å²) in [5.74, 6) is 1.04. The smallest absolute Gasteiger partial charge is 0.191 e. The first-order valence-electron chi connectivity index (χ1n) is 8.46. The zero-order chi connectivity index (χ0) is 18.5. The molecule has 27 heavy (non-hydrogen) atoms. The van der Waals surface area contributed by atoms with E-state index in [2.05, 4.69) is 27.5 Å². The molecular weight excluding hydrogens is 482 g/mol. The molecule has 0 amide bonds. The lowest BCUT2D eigenvalue weighted by Crippen LogP contribution is -2.38. The predicted molar refractivity (Wildman–Crippen MR) is 116 cm³/mol. The van der Waals surface area contributed by atoms with Crippen LogP contribution in [0.1, 0.15) is 26.7 Å². The number of hydrogen-bond acceptors (Lipinski definition) is 5. The van der Waals surface area contributed by atoms with E-state index in [1.165, 1.54) is 17.0 Å². The maximum Gasteiger partial charge on any atom is 0.191 e. The Kier molecular flexibility index (Phi) is 8.24. The van der Waals surface area contributed by atoms with E-state index >= 15 is 0 Å². The van der Waals surface area contributed by atoms with Gasteiger partial charge in [-0.2, -0.15) is 0 Å². The minimum Gasteiger partial charge on any atom is -0.467 e. The molecule has 0 unspecified atom stereocenters. The molecule has 6 nitrogen and oxygen atoms in total. The molecule has 3 rings (SSSR count). The van der Waals surface area contributed by atoms with Gasteiger partial charge in [0.2, 0.25) is 0 Å². The van der Waals surface area contributed by atoms with Crippen molar-refractivity contribution in [1.29, 1.82) is 0 Å². The van der Waals surface area contributed by atoms with E-state index in [9.17, 15) is 4.39 Å². The van der Waals surface area contributed by atoms with Crippen LogP contribution >= 0.6 is 35.3 Å². The molecule has 0 fully saturated rings. The van der Waals surface area contributed by atoms with Gasteiger partial charge in [-0.15, -0.1) is 35.3 Å². The predicted octanol–water partition coefficient (Wildman–Crippen LogP) is 3.29. The van der Waals surface area contributed by atoms with Crippen molar-refractivity contribution < 1.29 is 13.9 Å². The van der Waals surface area contributed by atoms with E-state index in [1.807, 2.05) is 6.92 Å². The largest absolute Gasteiger partial charge is 0.467 e. The molecular formula is C18H24FIN4O2S. The van der Waals surface area contributed by atoms with Crippen LogP contribution in [0.15, 0.2) is 17.1 Å². The SMILES string of the molecule is CN=C(NCCc1nc(C)c(C)s1)NCc1cc(F)cc2c1OCOC2.I. The fourth-order valence-corrected chi connectivity index (χ4v) is 3.65. The Morgan fingerprint density at radius 1 is 1.33 bits per heavy atom. The van der Waals surface area contributed by atoms with E-state index in [-0.39, 0.29) is 36.6 Å². The Morgan fingerprint density at radius 3 is 2.85 bits per heavy atom. The van der Waals surface area contributed by atoms with Crippen LogP contribution in [0.2, 0.25) is 0 Å². The molecule has 0 spiro atoms. The fraction of sp³-hybridized carbons (Fsp3) is 0.444. The van der Waals surface area contributed by atoms with E-state index < -0.39 is 0 Å². The molecule has 2 heterocycles. The monoisotopic (exact) mass is 506 g/mol. The van der Waals surface area contributed by atoms with Crippen LogP contribution in [0, 0.1) is 19.7 Å². The molecule has 148 valence electrons. The number of aromatic nitrogens is 1. The number of aryl methyl sites for hydroxylation is 2. The lowest BCUT2D eigenvalue weighted by Gasteiger charge is -2.21. The number of aliphatic imine (C=N–C) groups is 1. The molecule has 0 saturated heterocycles. The highest BCUT2D eigenvalue weighted by Crippen LogP contribution is 2.29. The van der Waals surface area contributed by atoms with Crippen LogP contribution in [0.25, 0.3) is 0 Å². The van der Waals surface area contributed by atoms with Gasteiger partial charge in [0.15, 0.2) is 12.8 Å². The van der Waals surface area contributed by atoms with Crippen LogP contribution in [0.5, 0.6) is 5.75 Å². The number of nitrogens with one attached hydrogen (secondary N) is 2. The number of hydrogen-bond donors (Lipinski definition) is 2. The lowest BCUT2D eigenvalue weighted by molar-refractivity contribution is -0.0172. The van der Waals surface area contributed by atoms with Crippen LogP contribution in [0.3, 0.4) is 0 Å². The minimum absolute atomic E-state index is 0. The Labute approximate surface area is 179 Å². The number of nitrogens with zero attached hydrogens (tertiary/aromatic N) is 2. The topological polar surface area (TPSA) is 67.8 Å². The molecule has 0 bridgehead atoms. The summed E-state index contributed by atoms with van der Waals surface area (Å²) < 4.78 is 24.5. The number of benzene rings is 1. The summed E-state index contributed by atoms with van der Waals surface area (Å²) in [7, 11) is 1.71. The Morgan fingerprint density at radius 2 is 2.15 bits per heavy atom. The van der Waals surface area contributed by atoms with Crippen molar-refractivity contribution in [2.75, 3.05) is 20.4 Å². The zero-order valence-electron chi connectivity index (χ0n) is 15.6. The van der Waals surface area contributed by atoms with Crippen molar-refractivity contribution in [2.24, 2.45) is 4.99 Å². The first-order valence-corrected chi connectivity index (χ1v) is 9.27. The second-order valence-corrected chi connectivity index (χ2v) is 7.30. The molecule has 0 atom stereocenters. The molecule has 1 aromatic heterocycles. The molecule has 1 aromatic carbocycles. The highest BCUT2D eigenvalue weighted by atomic mass is 127. The molecule has 0 aliphatic carbocycles. The van der Waals surface area contributed by atoms with Gasteiger partial charge in [0.25, 0.3) is 0 Å².